The molecule has 1 aromatic heterocycles. The van der Waals surface area contributed by atoms with Crippen molar-refractivity contribution in [2.24, 2.45) is 0 Å². The quantitative estimate of drug-likeness (QED) is 0.780. The van der Waals surface area contributed by atoms with Gasteiger partial charge in [-0.3, -0.25) is 0 Å². The van der Waals surface area contributed by atoms with E-state index in [2.05, 4.69) is 27.8 Å². The summed E-state index contributed by atoms with van der Waals surface area (Å²) >= 11 is 1.49. The van der Waals surface area contributed by atoms with E-state index < -0.39 is 0 Å². The van der Waals surface area contributed by atoms with E-state index in [1.54, 1.807) is 0 Å². The van der Waals surface area contributed by atoms with Crippen molar-refractivity contribution in [2.45, 2.75) is 13.8 Å². The number of nitriles is 1. The molecular weight excluding hydrogens is 220 g/mol. The molecule has 0 atom stereocenters. The molecule has 1 aliphatic heterocycles. The lowest BCUT2D eigenvalue weighted by Gasteiger charge is -2.34. The second kappa shape index (κ2) is 4.81. The minimum atomic E-state index is 0.752. The summed E-state index contributed by atoms with van der Waals surface area (Å²) in [4.78, 5) is 9.86. The average molecular weight is 236 g/mol. The molecule has 0 amide bonds. The van der Waals surface area contributed by atoms with E-state index in [4.69, 9.17) is 5.26 Å². The van der Waals surface area contributed by atoms with Crippen LogP contribution in [0.2, 0.25) is 0 Å². The van der Waals surface area contributed by atoms with Gasteiger partial charge in [-0.1, -0.05) is 6.92 Å². The van der Waals surface area contributed by atoms with Crippen LogP contribution < -0.4 is 4.90 Å². The summed E-state index contributed by atoms with van der Waals surface area (Å²) in [5, 5.41) is 10.0. The Morgan fingerprint density at radius 1 is 1.38 bits per heavy atom. The predicted octanol–water partition coefficient (Wildman–Crippen LogP) is 1.47. The minimum Gasteiger partial charge on any atom is -0.352 e. The highest BCUT2D eigenvalue weighted by atomic mass is 32.1. The Morgan fingerprint density at radius 2 is 2.06 bits per heavy atom. The summed E-state index contributed by atoms with van der Waals surface area (Å²) < 4.78 is 0. The van der Waals surface area contributed by atoms with E-state index in [1.807, 2.05) is 6.92 Å². The van der Waals surface area contributed by atoms with Crippen molar-refractivity contribution < 1.29 is 0 Å². The normalized spacial score (nSPS) is 17.4. The van der Waals surface area contributed by atoms with Crippen molar-refractivity contribution in [1.82, 2.24) is 9.88 Å². The average Bonchev–Trinajstić information content (AvgIpc) is 2.70. The fourth-order valence-corrected chi connectivity index (χ4v) is 2.72. The van der Waals surface area contributed by atoms with Crippen LogP contribution in [0.3, 0.4) is 0 Å². The first kappa shape index (κ1) is 11.4. The number of hydrogen-bond acceptors (Lipinski definition) is 5. The van der Waals surface area contributed by atoms with Gasteiger partial charge in [-0.15, -0.1) is 11.3 Å². The first-order valence-electron chi connectivity index (χ1n) is 5.59. The molecule has 5 heteroatoms. The Morgan fingerprint density at radius 3 is 2.62 bits per heavy atom. The molecule has 0 saturated carbocycles. The number of thiazole rings is 1. The smallest absolute Gasteiger partial charge is 0.158 e. The lowest BCUT2D eigenvalue weighted by atomic mass is 10.3. The summed E-state index contributed by atoms with van der Waals surface area (Å²) in [6.45, 7) is 9.34. The predicted molar refractivity (Wildman–Crippen MR) is 65.9 cm³/mol. The van der Waals surface area contributed by atoms with Gasteiger partial charge in [0, 0.05) is 26.2 Å². The van der Waals surface area contributed by atoms with Crippen LogP contribution >= 0.6 is 11.3 Å². The van der Waals surface area contributed by atoms with Crippen LogP contribution in [0.5, 0.6) is 0 Å². The van der Waals surface area contributed by atoms with Gasteiger partial charge in [0.05, 0.1) is 5.01 Å². The summed E-state index contributed by atoms with van der Waals surface area (Å²) in [6, 6.07) is 2.24. The number of piperazine rings is 1. The fourth-order valence-electron chi connectivity index (χ4n) is 1.98. The molecule has 16 heavy (non-hydrogen) atoms. The van der Waals surface area contributed by atoms with Gasteiger partial charge in [0.2, 0.25) is 0 Å². The largest absolute Gasteiger partial charge is 0.352 e. The standard InChI is InChI=1S/C11H16N4S/c1-3-14-4-6-15(7-5-14)11-10(8-12)16-9(2)13-11/h3-7H2,1-2H3. The van der Waals surface area contributed by atoms with E-state index in [-0.39, 0.29) is 0 Å². The van der Waals surface area contributed by atoms with Gasteiger partial charge < -0.3 is 9.80 Å². The molecule has 1 aliphatic rings. The van der Waals surface area contributed by atoms with Gasteiger partial charge in [0.25, 0.3) is 0 Å². The maximum absolute atomic E-state index is 9.04. The van der Waals surface area contributed by atoms with Crippen molar-refractivity contribution in [1.29, 1.82) is 5.26 Å². The Labute approximate surface area is 100 Å². The van der Waals surface area contributed by atoms with Gasteiger partial charge in [-0.05, 0) is 13.5 Å². The topological polar surface area (TPSA) is 43.2 Å². The molecule has 0 aliphatic carbocycles. The van der Waals surface area contributed by atoms with E-state index in [9.17, 15) is 0 Å². The summed E-state index contributed by atoms with van der Waals surface area (Å²) in [5.41, 5.74) is 0. The number of hydrogen-bond donors (Lipinski definition) is 0. The Hall–Kier alpha value is -1.12. The molecule has 0 spiro atoms. The highest BCUT2D eigenvalue weighted by Gasteiger charge is 2.20. The minimum absolute atomic E-state index is 0.752. The lowest BCUT2D eigenvalue weighted by Crippen LogP contribution is -2.46. The summed E-state index contributed by atoms with van der Waals surface area (Å²) in [7, 11) is 0. The molecule has 4 nitrogen and oxygen atoms in total. The Kier molecular flexibility index (Phi) is 3.42. The van der Waals surface area contributed by atoms with Crippen molar-refractivity contribution in [3.05, 3.63) is 9.88 Å². The van der Waals surface area contributed by atoms with Gasteiger partial charge >= 0.3 is 0 Å². The Bertz CT molecular complexity index is 399. The van der Waals surface area contributed by atoms with Crippen LogP contribution in [0.15, 0.2) is 0 Å². The van der Waals surface area contributed by atoms with Crippen LogP contribution in [0, 0.1) is 18.3 Å². The number of aryl methyl sites for hydroxylation is 1. The van der Waals surface area contributed by atoms with Crippen molar-refractivity contribution in [3.8, 4) is 6.07 Å². The summed E-state index contributed by atoms with van der Waals surface area (Å²) in [6.07, 6.45) is 0. The molecular formula is C11H16N4S. The van der Waals surface area contributed by atoms with Crippen molar-refractivity contribution in [3.63, 3.8) is 0 Å². The zero-order chi connectivity index (χ0) is 11.5. The number of likely N-dealkylation sites (N-methyl/N-ethyl adjacent to an activating group) is 1. The molecule has 86 valence electrons. The molecule has 1 fully saturated rings. The monoisotopic (exact) mass is 236 g/mol. The number of nitrogens with zero attached hydrogens (tertiary/aromatic N) is 4. The molecule has 0 radical (unpaired) electrons. The SMILES string of the molecule is CCN1CCN(c2nc(C)sc2C#N)CC1. The van der Waals surface area contributed by atoms with E-state index in [1.165, 1.54) is 11.3 Å². The number of aromatic nitrogens is 1. The zero-order valence-corrected chi connectivity index (χ0v) is 10.5. The molecule has 0 bridgehead atoms. The molecule has 0 aromatic carbocycles. The maximum Gasteiger partial charge on any atom is 0.158 e. The van der Waals surface area contributed by atoms with Crippen LogP contribution in [0.25, 0.3) is 0 Å². The fraction of sp³-hybridized carbons (Fsp3) is 0.636. The molecule has 1 aromatic rings. The van der Waals surface area contributed by atoms with Crippen molar-refractivity contribution in [2.75, 3.05) is 37.6 Å². The Balaban J connectivity index is 2.11. The van der Waals surface area contributed by atoms with Gasteiger partial charge in [-0.2, -0.15) is 5.26 Å². The van der Waals surface area contributed by atoms with Crippen molar-refractivity contribution >= 4 is 17.2 Å². The van der Waals surface area contributed by atoms with Gasteiger partial charge in [0.1, 0.15) is 10.9 Å². The molecule has 1 saturated heterocycles. The molecule has 2 heterocycles. The van der Waals surface area contributed by atoms with Crippen LogP contribution in [-0.4, -0.2) is 42.6 Å². The highest BCUT2D eigenvalue weighted by Crippen LogP contribution is 2.25. The third-order valence-electron chi connectivity index (χ3n) is 2.94. The third kappa shape index (κ3) is 2.18. The van der Waals surface area contributed by atoms with Gasteiger partial charge in [-0.25, -0.2) is 4.98 Å². The van der Waals surface area contributed by atoms with Crippen LogP contribution in [0.4, 0.5) is 5.82 Å². The second-order valence-electron chi connectivity index (χ2n) is 3.92. The lowest BCUT2D eigenvalue weighted by molar-refractivity contribution is 0.270. The van der Waals surface area contributed by atoms with Crippen LogP contribution in [-0.2, 0) is 0 Å². The number of rotatable bonds is 2. The summed E-state index contributed by atoms with van der Waals surface area (Å²) in [5.74, 6) is 0.890. The molecule has 0 N–H and O–H groups in total. The maximum atomic E-state index is 9.04. The highest BCUT2D eigenvalue weighted by molar-refractivity contribution is 7.12. The van der Waals surface area contributed by atoms with E-state index in [0.717, 1.165) is 48.4 Å². The second-order valence-corrected chi connectivity index (χ2v) is 5.12. The zero-order valence-electron chi connectivity index (χ0n) is 9.73. The van der Waals surface area contributed by atoms with E-state index in [0.29, 0.717) is 0 Å². The van der Waals surface area contributed by atoms with Crippen LogP contribution in [0.1, 0.15) is 16.8 Å². The third-order valence-corrected chi connectivity index (χ3v) is 3.80. The molecule has 2 rings (SSSR count). The van der Waals surface area contributed by atoms with E-state index >= 15 is 0 Å². The first-order chi connectivity index (χ1) is 7.74. The number of anilines is 1. The van der Waals surface area contributed by atoms with Gasteiger partial charge in [0.15, 0.2) is 5.82 Å². The first-order valence-corrected chi connectivity index (χ1v) is 6.41. The molecule has 0 unspecified atom stereocenters.